The Bertz CT molecular complexity index is 472. The van der Waals surface area contributed by atoms with Gasteiger partial charge in [0.25, 0.3) is 0 Å². The topological polar surface area (TPSA) is 75.7 Å². The molecule has 1 N–H and O–H groups in total. The number of halogens is 3. The summed E-state index contributed by atoms with van der Waals surface area (Å²) in [5.41, 5.74) is 0. The molecule has 0 aromatic heterocycles. The van der Waals surface area contributed by atoms with Gasteiger partial charge < -0.3 is 10.1 Å². The van der Waals surface area contributed by atoms with Gasteiger partial charge in [-0.05, 0) is 12.8 Å². The lowest BCUT2D eigenvalue weighted by Gasteiger charge is -2.19. The molecule has 3 amide bonds. The van der Waals surface area contributed by atoms with Gasteiger partial charge in [0, 0.05) is 19.5 Å². The molecule has 1 saturated carbocycles. The SMILES string of the molecule is O=C(CCN1C(=O)C2CCCCC2C1=O)NCCOCC(F)(F)F. The lowest BCUT2D eigenvalue weighted by atomic mass is 9.81. The van der Waals surface area contributed by atoms with Crippen LogP contribution in [-0.2, 0) is 19.1 Å². The third kappa shape index (κ3) is 4.93. The van der Waals surface area contributed by atoms with Crippen molar-refractivity contribution in [1.29, 1.82) is 0 Å². The van der Waals surface area contributed by atoms with Gasteiger partial charge in [-0.2, -0.15) is 13.2 Å². The second-order valence-corrected chi connectivity index (χ2v) is 6.09. The van der Waals surface area contributed by atoms with E-state index < -0.39 is 18.7 Å². The summed E-state index contributed by atoms with van der Waals surface area (Å²) in [4.78, 5) is 37.2. The smallest absolute Gasteiger partial charge is 0.370 e. The maximum absolute atomic E-state index is 12.2. The summed E-state index contributed by atoms with van der Waals surface area (Å²) in [5, 5.41) is 2.40. The lowest BCUT2D eigenvalue weighted by Crippen LogP contribution is -2.36. The van der Waals surface area contributed by atoms with Gasteiger partial charge in [0.1, 0.15) is 6.61 Å². The lowest BCUT2D eigenvalue weighted by molar-refractivity contribution is -0.173. The van der Waals surface area contributed by atoms with E-state index >= 15 is 0 Å². The molecular weight excluding hydrogens is 329 g/mol. The Hall–Kier alpha value is -1.64. The summed E-state index contributed by atoms with van der Waals surface area (Å²) in [6, 6.07) is 0. The van der Waals surface area contributed by atoms with Crippen LogP contribution < -0.4 is 5.32 Å². The highest BCUT2D eigenvalue weighted by Crippen LogP contribution is 2.37. The molecule has 0 spiro atoms. The van der Waals surface area contributed by atoms with Gasteiger partial charge >= 0.3 is 6.18 Å². The molecular formula is C15H21F3N2O4. The van der Waals surface area contributed by atoms with Crippen LogP contribution >= 0.6 is 0 Å². The van der Waals surface area contributed by atoms with E-state index in [2.05, 4.69) is 10.1 Å². The molecule has 9 heteroatoms. The molecule has 2 aliphatic rings. The molecule has 2 atom stereocenters. The predicted octanol–water partition coefficient (Wildman–Crippen LogP) is 1.25. The minimum absolute atomic E-state index is 0.0138. The number of carbonyl (C=O) groups is 3. The molecule has 0 bridgehead atoms. The average Bonchev–Trinajstić information content (AvgIpc) is 2.76. The van der Waals surface area contributed by atoms with Crippen molar-refractivity contribution in [2.45, 2.75) is 38.3 Å². The first-order valence-corrected chi connectivity index (χ1v) is 8.06. The quantitative estimate of drug-likeness (QED) is 0.554. The maximum Gasteiger partial charge on any atom is 0.411 e. The number of hydrogen-bond donors (Lipinski definition) is 1. The molecule has 2 fully saturated rings. The van der Waals surface area contributed by atoms with Gasteiger partial charge in [-0.3, -0.25) is 19.3 Å². The van der Waals surface area contributed by atoms with Crippen LogP contribution in [0.15, 0.2) is 0 Å². The Balaban J connectivity index is 1.66. The Morgan fingerprint density at radius 1 is 1.17 bits per heavy atom. The van der Waals surface area contributed by atoms with Gasteiger partial charge in [0.05, 0.1) is 18.4 Å². The number of amides is 3. The van der Waals surface area contributed by atoms with E-state index in [1.807, 2.05) is 0 Å². The van der Waals surface area contributed by atoms with Crippen molar-refractivity contribution < 1.29 is 32.3 Å². The zero-order valence-corrected chi connectivity index (χ0v) is 13.2. The standard InChI is InChI=1S/C15H21F3N2O4/c16-15(17,18)9-24-8-6-19-12(21)5-7-20-13(22)10-3-1-2-4-11(10)14(20)23/h10-11H,1-9H2,(H,19,21). The highest BCUT2D eigenvalue weighted by atomic mass is 19.4. The van der Waals surface area contributed by atoms with Gasteiger partial charge in [-0.15, -0.1) is 0 Å². The maximum atomic E-state index is 12.2. The van der Waals surface area contributed by atoms with E-state index in [1.165, 1.54) is 0 Å². The van der Waals surface area contributed by atoms with Gasteiger partial charge in [-0.1, -0.05) is 12.8 Å². The van der Waals surface area contributed by atoms with Crippen LogP contribution in [-0.4, -0.2) is 55.1 Å². The molecule has 0 aromatic carbocycles. The van der Waals surface area contributed by atoms with E-state index in [1.54, 1.807) is 0 Å². The number of rotatable bonds is 7. The summed E-state index contributed by atoms with van der Waals surface area (Å²) in [6.07, 6.45) is -1.14. The van der Waals surface area contributed by atoms with Crippen LogP contribution in [0.1, 0.15) is 32.1 Å². The van der Waals surface area contributed by atoms with Crippen molar-refractivity contribution in [3.8, 4) is 0 Å². The monoisotopic (exact) mass is 350 g/mol. The summed E-state index contributed by atoms with van der Waals surface area (Å²) < 4.78 is 39.9. The fourth-order valence-corrected chi connectivity index (χ4v) is 3.20. The number of likely N-dealkylation sites (tertiary alicyclic amines) is 1. The molecule has 6 nitrogen and oxygen atoms in total. The fraction of sp³-hybridized carbons (Fsp3) is 0.800. The number of ether oxygens (including phenoxy) is 1. The Kier molecular flexibility index (Phi) is 6.20. The summed E-state index contributed by atoms with van der Waals surface area (Å²) in [7, 11) is 0. The molecule has 0 radical (unpaired) electrons. The summed E-state index contributed by atoms with van der Waals surface area (Å²) >= 11 is 0. The summed E-state index contributed by atoms with van der Waals surface area (Å²) in [5.74, 6) is -1.33. The number of fused-ring (bicyclic) bond motifs is 1. The van der Waals surface area contributed by atoms with Crippen LogP contribution in [0.2, 0.25) is 0 Å². The molecule has 2 rings (SSSR count). The van der Waals surface area contributed by atoms with E-state index in [9.17, 15) is 27.6 Å². The van der Waals surface area contributed by atoms with Crippen molar-refractivity contribution in [1.82, 2.24) is 10.2 Å². The highest BCUT2D eigenvalue weighted by Gasteiger charge is 2.47. The van der Waals surface area contributed by atoms with Crippen molar-refractivity contribution in [2.24, 2.45) is 11.8 Å². The molecule has 0 aromatic rings. The Morgan fingerprint density at radius 3 is 2.29 bits per heavy atom. The van der Waals surface area contributed by atoms with Crippen molar-refractivity contribution in [3.63, 3.8) is 0 Å². The zero-order chi connectivity index (χ0) is 17.7. The molecule has 1 aliphatic heterocycles. The van der Waals surface area contributed by atoms with E-state index in [0.29, 0.717) is 12.8 Å². The minimum Gasteiger partial charge on any atom is -0.370 e. The number of alkyl halides is 3. The van der Waals surface area contributed by atoms with Gasteiger partial charge in [0.2, 0.25) is 17.7 Å². The fourth-order valence-electron chi connectivity index (χ4n) is 3.20. The molecule has 1 saturated heterocycles. The van der Waals surface area contributed by atoms with Crippen LogP contribution in [0.3, 0.4) is 0 Å². The van der Waals surface area contributed by atoms with Crippen molar-refractivity contribution >= 4 is 17.7 Å². The van der Waals surface area contributed by atoms with Crippen LogP contribution in [0.4, 0.5) is 13.2 Å². The number of imide groups is 1. The second kappa shape index (κ2) is 7.96. The third-order valence-corrected chi connectivity index (χ3v) is 4.33. The first kappa shape index (κ1) is 18.7. The normalized spacial score (nSPS) is 24.2. The number of carbonyl (C=O) groups excluding carboxylic acids is 3. The van der Waals surface area contributed by atoms with Crippen LogP contribution in [0.25, 0.3) is 0 Å². The van der Waals surface area contributed by atoms with Gasteiger partial charge in [-0.25, -0.2) is 0 Å². The molecule has 24 heavy (non-hydrogen) atoms. The second-order valence-electron chi connectivity index (χ2n) is 6.09. The molecule has 1 aliphatic carbocycles. The summed E-state index contributed by atoms with van der Waals surface area (Å²) in [6.45, 7) is -1.65. The predicted molar refractivity (Wildman–Crippen MR) is 76.7 cm³/mol. The Morgan fingerprint density at radius 2 is 1.75 bits per heavy atom. The zero-order valence-electron chi connectivity index (χ0n) is 13.2. The van der Waals surface area contributed by atoms with Crippen molar-refractivity contribution in [2.75, 3.05) is 26.3 Å². The van der Waals surface area contributed by atoms with E-state index in [0.717, 1.165) is 17.7 Å². The highest BCUT2D eigenvalue weighted by molar-refractivity contribution is 6.05. The molecule has 1 heterocycles. The van der Waals surface area contributed by atoms with Crippen LogP contribution in [0, 0.1) is 11.8 Å². The third-order valence-electron chi connectivity index (χ3n) is 4.33. The first-order chi connectivity index (χ1) is 11.3. The van der Waals surface area contributed by atoms with Gasteiger partial charge in [0.15, 0.2) is 0 Å². The minimum atomic E-state index is -4.39. The Labute approximate surface area is 137 Å². The number of nitrogens with zero attached hydrogens (tertiary/aromatic N) is 1. The van der Waals surface area contributed by atoms with Crippen molar-refractivity contribution in [3.05, 3.63) is 0 Å². The number of nitrogens with one attached hydrogen (secondary N) is 1. The number of hydrogen-bond acceptors (Lipinski definition) is 4. The first-order valence-electron chi connectivity index (χ1n) is 8.06. The average molecular weight is 350 g/mol. The van der Waals surface area contributed by atoms with E-state index in [-0.39, 0.29) is 49.8 Å². The largest absolute Gasteiger partial charge is 0.411 e. The van der Waals surface area contributed by atoms with E-state index in [4.69, 9.17) is 0 Å². The molecule has 2 unspecified atom stereocenters. The molecule has 136 valence electrons. The van der Waals surface area contributed by atoms with Crippen LogP contribution in [0.5, 0.6) is 0 Å².